The van der Waals surface area contributed by atoms with Gasteiger partial charge in [0, 0.05) is 28.8 Å². The Kier molecular flexibility index (Phi) is 5.13. The maximum atomic E-state index is 12.6. The lowest BCUT2D eigenvalue weighted by Crippen LogP contribution is -2.28. The van der Waals surface area contributed by atoms with Gasteiger partial charge in [-0.2, -0.15) is 8.42 Å². The van der Waals surface area contributed by atoms with Crippen molar-refractivity contribution in [2.45, 2.75) is 44.1 Å². The first kappa shape index (κ1) is 19.0. The van der Waals surface area contributed by atoms with Crippen LogP contribution in [0.15, 0.2) is 38.2 Å². The molecule has 2 rings (SSSR count). The van der Waals surface area contributed by atoms with Crippen LogP contribution in [0.2, 0.25) is 0 Å². The molecular weight excluding hydrogens is 394 g/mol. The average molecular weight is 416 g/mol. The quantitative estimate of drug-likeness (QED) is 0.568. The number of sulfonamides is 1. The van der Waals surface area contributed by atoms with Crippen molar-refractivity contribution in [1.29, 1.82) is 0 Å². The summed E-state index contributed by atoms with van der Waals surface area (Å²) in [6, 6.07) is 3.39. The van der Waals surface area contributed by atoms with Gasteiger partial charge in [-0.05, 0) is 60.8 Å². The van der Waals surface area contributed by atoms with E-state index in [1.165, 1.54) is 13.8 Å². The zero-order valence-corrected chi connectivity index (χ0v) is 16.4. The molecule has 1 aliphatic heterocycles. The molecule has 0 saturated carbocycles. The second kappa shape index (κ2) is 6.50. The van der Waals surface area contributed by atoms with Crippen LogP contribution in [0.3, 0.4) is 0 Å². The number of benzene rings is 1. The molecule has 8 heteroatoms. The number of nitrogens with zero attached hydrogens (tertiary/aromatic N) is 2. The second-order valence-corrected chi connectivity index (χ2v) is 9.02. The van der Waals surface area contributed by atoms with Crippen LogP contribution in [-0.4, -0.2) is 31.5 Å². The van der Waals surface area contributed by atoms with E-state index in [2.05, 4.69) is 26.9 Å². The minimum Gasteiger partial charge on any atom is -0.390 e. The SMILES string of the molecule is C=C(C)N1CCc2cc(Br)c(S(=O)(=O)N=C(N)CC(C)(C)O)cc21. The van der Waals surface area contributed by atoms with E-state index in [0.717, 1.165) is 29.9 Å². The average Bonchev–Trinajstić information content (AvgIpc) is 2.76. The fourth-order valence-electron chi connectivity index (χ4n) is 2.66. The molecule has 0 unspecified atom stereocenters. The standard InChI is InChI=1S/C16H22BrN3O3S/c1-10(2)20-6-5-11-7-12(17)14(8-13(11)20)24(22,23)19-15(18)9-16(3,4)21/h7-8,21H,1,5-6,9H2,2-4H3,(H2,18,19). The van der Waals surface area contributed by atoms with Crippen LogP contribution < -0.4 is 10.6 Å². The summed E-state index contributed by atoms with van der Waals surface area (Å²) in [5.74, 6) is -0.133. The van der Waals surface area contributed by atoms with Crippen molar-refractivity contribution in [2.24, 2.45) is 10.1 Å². The van der Waals surface area contributed by atoms with E-state index in [9.17, 15) is 13.5 Å². The number of aliphatic hydroxyl groups is 1. The second-order valence-electron chi connectivity index (χ2n) is 6.60. The summed E-state index contributed by atoms with van der Waals surface area (Å²) in [4.78, 5) is 2.03. The number of amidine groups is 1. The maximum absolute atomic E-state index is 12.6. The first-order valence-corrected chi connectivity index (χ1v) is 9.71. The lowest BCUT2D eigenvalue weighted by Gasteiger charge is -2.20. The van der Waals surface area contributed by atoms with Crippen molar-refractivity contribution in [3.8, 4) is 0 Å². The Morgan fingerprint density at radius 1 is 1.50 bits per heavy atom. The normalized spacial score (nSPS) is 15.5. The molecule has 0 aliphatic carbocycles. The molecule has 1 aromatic carbocycles. The highest BCUT2D eigenvalue weighted by Crippen LogP contribution is 2.37. The summed E-state index contributed by atoms with van der Waals surface area (Å²) in [5.41, 5.74) is 7.29. The Bertz CT molecular complexity index is 811. The van der Waals surface area contributed by atoms with Gasteiger partial charge in [0.2, 0.25) is 0 Å². The molecule has 3 N–H and O–H groups in total. The van der Waals surface area contributed by atoms with Crippen LogP contribution in [-0.2, 0) is 16.4 Å². The van der Waals surface area contributed by atoms with Crippen LogP contribution >= 0.6 is 15.9 Å². The van der Waals surface area contributed by atoms with Crippen molar-refractivity contribution in [2.75, 3.05) is 11.4 Å². The fourth-order valence-corrected chi connectivity index (χ4v) is 4.70. The van der Waals surface area contributed by atoms with Crippen molar-refractivity contribution in [1.82, 2.24) is 0 Å². The third-order valence-electron chi connectivity index (χ3n) is 3.62. The van der Waals surface area contributed by atoms with Gasteiger partial charge in [-0.3, -0.25) is 0 Å². The van der Waals surface area contributed by atoms with Gasteiger partial charge in [-0.15, -0.1) is 4.40 Å². The third kappa shape index (κ3) is 4.17. The molecule has 1 aromatic rings. The smallest absolute Gasteiger partial charge is 0.285 e. The lowest BCUT2D eigenvalue weighted by molar-refractivity contribution is 0.0884. The van der Waals surface area contributed by atoms with Gasteiger partial charge in [-0.1, -0.05) is 6.58 Å². The Morgan fingerprint density at radius 3 is 2.67 bits per heavy atom. The van der Waals surface area contributed by atoms with Gasteiger partial charge in [-0.25, -0.2) is 0 Å². The van der Waals surface area contributed by atoms with Gasteiger partial charge in [0.05, 0.1) is 5.60 Å². The highest BCUT2D eigenvalue weighted by atomic mass is 79.9. The highest BCUT2D eigenvalue weighted by molar-refractivity contribution is 9.10. The Labute approximate surface area is 151 Å². The van der Waals surface area contributed by atoms with E-state index >= 15 is 0 Å². The number of rotatable bonds is 5. The molecule has 0 aromatic heterocycles. The molecule has 1 heterocycles. The molecular formula is C16H22BrN3O3S. The molecule has 0 radical (unpaired) electrons. The summed E-state index contributed by atoms with van der Waals surface area (Å²) in [5, 5.41) is 9.75. The molecule has 0 atom stereocenters. The molecule has 132 valence electrons. The number of halogens is 1. The van der Waals surface area contributed by atoms with Crippen LogP contribution in [0.1, 0.15) is 32.8 Å². The van der Waals surface area contributed by atoms with Crippen LogP contribution in [0.25, 0.3) is 0 Å². The predicted molar refractivity (Wildman–Crippen MR) is 99.7 cm³/mol. The number of nitrogens with two attached hydrogens (primary N) is 1. The molecule has 0 saturated heterocycles. The van der Waals surface area contributed by atoms with Crippen molar-refractivity contribution < 1.29 is 13.5 Å². The summed E-state index contributed by atoms with van der Waals surface area (Å²) in [6.07, 6.45) is 0.790. The lowest BCUT2D eigenvalue weighted by atomic mass is 10.1. The van der Waals surface area contributed by atoms with Crippen molar-refractivity contribution in [3.63, 3.8) is 0 Å². The topological polar surface area (TPSA) is 96.0 Å². The molecule has 0 spiro atoms. The number of fused-ring (bicyclic) bond motifs is 1. The number of hydrogen-bond acceptors (Lipinski definition) is 4. The van der Waals surface area contributed by atoms with Crippen molar-refractivity contribution in [3.05, 3.63) is 34.4 Å². The molecule has 6 nitrogen and oxygen atoms in total. The Morgan fingerprint density at radius 2 is 2.12 bits per heavy atom. The maximum Gasteiger partial charge on any atom is 0.285 e. The minimum absolute atomic E-state index is 0.0350. The number of hydrogen-bond donors (Lipinski definition) is 2. The summed E-state index contributed by atoms with van der Waals surface area (Å²) in [7, 11) is -3.98. The first-order chi connectivity index (χ1) is 10.9. The predicted octanol–water partition coefficient (Wildman–Crippen LogP) is 2.55. The van der Waals surface area contributed by atoms with Gasteiger partial charge in [0.25, 0.3) is 10.0 Å². The minimum atomic E-state index is -3.98. The largest absolute Gasteiger partial charge is 0.390 e. The molecule has 0 fully saturated rings. The molecule has 0 bridgehead atoms. The van der Waals surface area contributed by atoms with Gasteiger partial charge < -0.3 is 15.7 Å². The highest BCUT2D eigenvalue weighted by Gasteiger charge is 2.26. The fraction of sp³-hybridized carbons (Fsp3) is 0.438. The first-order valence-electron chi connectivity index (χ1n) is 7.48. The summed E-state index contributed by atoms with van der Waals surface area (Å²) < 4.78 is 29.3. The number of allylic oxidation sites excluding steroid dienone is 1. The van der Waals surface area contributed by atoms with Crippen LogP contribution in [0.4, 0.5) is 5.69 Å². The molecule has 24 heavy (non-hydrogen) atoms. The molecule has 1 aliphatic rings. The van der Waals surface area contributed by atoms with Crippen molar-refractivity contribution >= 4 is 37.5 Å². The van der Waals surface area contributed by atoms with Gasteiger partial charge in [0.1, 0.15) is 10.7 Å². The zero-order valence-electron chi connectivity index (χ0n) is 14.0. The Hall–Kier alpha value is -1.38. The Balaban J connectivity index is 2.47. The van der Waals surface area contributed by atoms with Crippen LogP contribution in [0.5, 0.6) is 0 Å². The summed E-state index contributed by atoms with van der Waals surface area (Å²) in [6.45, 7) is 9.66. The third-order valence-corrected chi connectivity index (χ3v) is 5.91. The van der Waals surface area contributed by atoms with Gasteiger partial charge >= 0.3 is 0 Å². The van der Waals surface area contributed by atoms with E-state index in [-0.39, 0.29) is 17.2 Å². The summed E-state index contributed by atoms with van der Waals surface area (Å²) >= 11 is 3.31. The van der Waals surface area contributed by atoms with Gasteiger partial charge in [0.15, 0.2) is 0 Å². The van der Waals surface area contributed by atoms with E-state index < -0.39 is 15.6 Å². The van der Waals surface area contributed by atoms with E-state index in [1.807, 2.05) is 11.8 Å². The monoisotopic (exact) mass is 415 g/mol. The zero-order chi connectivity index (χ0) is 18.3. The van der Waals surface area contributed by atoms with Crippen LogP contribution in [0, 0.1) is 0 Å². The molecule has 0 amide bonds. The van der Waals surface area contributed by atoms with E-state index in [4.69, 9.17) is 5.73 Å². The van der Waals surface area contributed by atoms with E-state index in [0.29, 0.717) is 4.47 Å². The van der Waals surface area contributed by atoms with E-state index in [1.54, 1.807) is 12.1 Å². The number of anilines is 1.